The van der Waals surface area contributed by atoms with Crippen LogP contribution in [0.1, 0.15) is 18.5 Å². The molecule has 0 aliphatic carbocycles. The van der Waals surface area contributed by atoms with Gasteiger partial charge in [-0.05, 0) is 42.8 Å². The van der Waals surface area contributed by atoms with Gasteiger partial charge in [0, 0.05) is 17.6 Å². The van der Waals surface area contributed by atoms with E-state index in [4.69, 9.17) is 9.26 Å². The molecule has 3 aromatic heterocycles. The zero-order chi connectivity index (χ0) is 25.1. The molecule has 0 aliphatic heterocycles. The van der Waals surface area contributed by atoms with Gasteiger partial charge in [-0.3, -0.25) is 19.1 Å². The third-order valence-electron chi connectivity index (χ3n) is 5.84. The molecule has 0 saturated heterocycles. The SMILES string of the molecule is COc1cccc([C@H](C)NC(=O)Cn2c(=O)cc(-c3nc(-c4ccccn4)no3)c3ccccc32)c1. The van der Waals surface area contributed by atoms with Gasteiger partial charge >= 0.3 is 0 Å². The minimum absolute atomic E-state index is 0.142. The molecule has 0 spiro atoms. The summed E-state index contributed by atoms with van der Waals surface area (Å²) in [6.07, 6.45) is 1.64. The van der Waals surface area contributed by atoms with Gasteiger partial charge in [-0.25, -0.2) is 0 Å². The van der Waals surface area contributed by atoms with Crippen LogP contribution in [0.3, 0.4) is 0 Å². The normalized spacial score (nSPS) is 11.8. The summed E-state index contributed by atoms with van der Waals surface area (Å²) < 4.78 is 12.2. The topological polar surface area (TPSA) is 112 Å². The molecule has 0 radical (unpaired) electrons. The highest BCUT2D eigenvalue weighted by Crippen LogP contribution is 2.27. The Balaban J connectivity index is 1.44. The molecular weight excluding hydrogens is 458 g/mol. The van der Waals surface area contributed by atoms with Crippen molar-refractivity contribution in [2.75, 3.05) is 7.11 Å². The molecule has 5 rings (SSSR count). The van der Waals surface area contributed by atoms with E-state index in [0.29, 0.717) is 33.7 Å². The van der Waals surface area contributed by atoms with Crippen molar-refractivity contribution in [3.63, 3.8) is 0 Å². The molecule has 0 aliphatic rings. The van der Waals surface area contributed by atoms with Crippen LogP contribution in [0.5, 0.6) is 5.75 Å². The molecular formula is C27H23N5O4. The van der Waals surface area contributed by atoms with Gasteiger partial charge in [0.1, 0.15) is 18.0 Å². The van der Waals surface area contributed by atoms with Gasteiger partial charge < -0.3 is 14.6 Å². The number of methoxy groups -OCH3 is 1. The van der Waals surface area contributed by atoms with Gasteiger partial charge in [0.05, 0.1) is 24.2 Å². The summed E-state index contributed by atoms with van der Waals surface area (Å²) in [5.74, 6) is 0.941. The maximum Gasteiger partial charge on any atom is 0.259 e. The summed E-state index contributed by atoms with van der Waals surface area (Å²) in [7, 11) is 1.59. The lowest BCUT2D eigenvalue weighted by atomic mass is 10.1. The van der Waals surface area contributed by atoms with Gasteiger partial charge in [-0.15, -0.1) is 0 Å². The standard InChI is InChI=1S/C27H23N5O4/c1-17(18-8-7-9-19(14-18)35-2)29-24(33)16-32-23-12-4-3-10-20(23)21(15-25(32)34)27-30-26(31-36-27)22-11-5-6-13-28-22/h3-15,17H,16H2,1-2H3,(H,29,33)/t17-/m0/s1. The highest BCUT2D eigenvalue weighted by molar-refractivity contribution is 5.93. The summed E-state index contributed by atoms with van der Waals surface area (Å²) in [5.41, 5.74) is 2.18. The average molecular weight is 482 g/mol. The zero-order valence-electron chi connectivity index (χ0n) is 19.7. The zero-order valence-corrected chi connectivity index (χ0v) is 19.7. The number of amides is 1. The summed E-state index contributed by atoms with van der Waals surface area (Å²) in [6, 6.07) is 21.3. The Kier molecular flexibility index (Phi) is 6.27. The molecule has 0 bridgehead atoms. The molecule has 1 amide bonds. The van der Waals surface area contributed by atoms with Gasteiger partial charge in [-0.1, -0.05) is 41.6 Å². The number of benzene rings is 2. The number of fused-ring (bicyclic) bond motifs is 1. The van der Waals surface area contributed by atoms with Crippen molar-refractivity contribution in [3.8, 4) is 28.7 Å². The summed E-state index contributed by atoms with van der Waals surface area (Å²) in [5, 5.41) is 7.68. The van der Waals surface area contributed by atoms with E-state index in [9.17, 15) is 9.59 Å². The van der Waals surface area contributed by atoms with Crippen molar-refractivity contribution >= 4 is 16.8 Å². The molecule has 0 unspecified atom stereocenters. The highest BCUT2D eigenvalue weighted by atomic mass is 16.5. The number of hydrogen-bond donors (Lipinski definition) is 1. The Morgan fingerprint density at radius 2 is 1.92 bits per heavy atom. The second-order valence-electron chi connectivity index (χ2n) is 8.20. The minimum atomic E-state index is -0.356. The minimum Gasteiger partial charge on any atom is -0.497 e. The highest BCUT2D eigenvalue weighted by Gasteiger charge is 2.19. The number of aromatic nitrogens is 4. The van der Waals surface area contributed by atoms with E-state index in [1.54, 1.807) is 31.5 Å². The number of nitrogens with zero attached hydrogens (tertiary/aromatic N) is 4. The first-order valence-corrected chi connectivity index (χ1v) is 11.3. The summed E-state index contributed by atoms with van der Waals surface area (Å²) >= 11 is 0. The molecule has 1 N–H and O–H groups in total. The van der Waals surface area contributed by atoms with E-state index in [1.807, 2.05) is 55.5 Å². The van der Waals surface area contributed by atoms with Gasteiger partial charge in [0.2, 0.25) is 11.7 Å². The first-order chi connectivity index (χ1) is 17.5. The van der Waals surface area contributed by atoms with Crippen LogP contribution in [0.4, 0.5) is 0 Å². The Morgan fingerprint density at radius 1 is 1.08 bits per heavy atom. The van der Waals surface area contributed by atoms with E-state index >= 15 is 0 Å². The second-order valence-corrected chi connectivity index (χ2v) is 8.20. The fourth-order valence-electron chi connectivity index (χ4n) is 4.03. The molecule has 1 atom stereocenters. The van der Waals surface area contributed by atoms with Crippen molar-refractivity contribution < 1.29 is 14.1 Å². The molecule has 0 fully saturated rings. The van der Waals surface area contributed by atoms with Crippen LogP contribution in [0, 0.1) is 0 Å². The number of pyridine rings is 2. The summed E-state index contributed by atoms with van der Waals surface area (Å²) in [6.45, 7) is 1.74. The molecule has 9 heteroatoms. The average Bonchev–Trinajstić information content (AvgIpc) is 3.41. The maximum atomic E-state index is 13.1. The largest absolute Gasteiger partial charge is 0.497 e. The fraction of sp³-hybridized carbons (Fsp3) is 0.148. The monoisotopic (exact) mass is 481 g/mol. The fourth-order valence-corrected chi connectivity index (χ4v) is 4.03. The Labute approximate surface area is 206 Å². The van der Waals surface area contributed by atoms with Crippen LogP contribution in [0.2, 0.25) is 0 Å². The number of rotatable bonds is 7. The first kappa shape index (κ1) is 23.0. The lowest BCUT2D eigenvalue weighted by Crippen LogP contribution is -2.34. The van der Waals surface area contributed by atoms with Gasteiger partial charge in [-0.2, -0.15) is 4.98 Å². The van der Waals surface area contributed by atoms with Crippen LogP contribution in [0.25, 0.3) is 33.9 Å². The van der Waals surface area contributed by atoms with E-state index in [-0.39, 0.29) is 29.9 Å². The molecule has 36 heavy (non-hydrogen) atoms. The van der Waals surface area contributed by atoms with E-state index < -0.39 is 0 Å². The summed E-state index contributed by atoms with van der Waals surface area (Å²) in [4.78, 5) is 34.7. The van der Waals surface area contributed by atoms with Crippen molar-refractivity contribution in [3.05, 3.63) is 94.9 Å². The van der Waals surface area contributed by atoms with Crippen LogP contribution in [-0.2, 0) is 11.3 Å². The lowest BCUT2D eigenvalue weighted by Gasteiger charge is -2.17. The van der Waals surface area contributed by atoms with Crippen LogP contribution >= 0.6 is 0 Å². The predicted octanol–water partition coefficient (Wildman–Crippen LogP) is 4.00. The number of carbonyl (C=O) groups is 1. The van der Waals surface area contributed by atoms with Crippen molar-refractivity contribution in [2.24, 2.45) is 0 Å². The number of nitrogens with one attached hydrogen (secondary N) is 1. The maximum absolute atomic E-state index is 13.1. The van der Waals surface area contributed by atoms with Gasteiger partial charge in [0.15, 0.2) is 0 Å². The molecule has 2 aromatic carbocycles. The number of para-hydroxylation sites is 1. The first-order valence-electron chi connectivity index (χ1n) is 11.3. The third kappa shape index (κ3) is 4.58. The third-order valence-corrected chi connectivity index (χ3v) is 5.84. The number of carbonyl (C=O) groups excluding carboxylic acids is 1. The van der Waals surface area contributed by atoms with Crippen molar-refractivity contribution in [2.45, 2.75) is 19.5 Å². The van der Waals surface area contributed by atoms with E-state index in [0.717, 1.165) is 5.56 Å². The number of hydrogen-bond acceptors (Lipinski definition) is 7. The Hall–Kier alpha value is -4.79. The lowest BCUT2D eigenvalue weighted by molar-refractivity contribution is -0.122. The quantitative estimate of drug-likeness (QED) is 0.374. The van der Waals surface area contributed by atoms with Crippen LogP contribution in [-0.4, -0.2) is 32.7 Å². The predicted molar refractivity (Wildman–Crippen MR) is 134 cm³/mol. The van der Waals surface area contributed by atoms with E-state index in [1.165, 1.54) is 10.6 Å². The molecule has 0 saturated carbocycles. The molecule has 9 nitrogen and oxygen atoms in total. The second kappa shape index (κ2) is 9.83. The molecule has 3 heterocycles. The molecule has 180 valence electrons. The van der Waals surface area contributed by atoms with Gasteiger partial charge in [0.25, 0.3) is 11.4 Å². The number of ether oxygens (including phenoxy) is 1. The van der Waals surface area contributed by atoms with Crippen molar-refractivity contribution in [1.29, 1.82) is 0 Å². The Morgan fingerprint density at radius 3 is 2.72 bits per heavy atom. The van der Waals surface area contributed by atoms with Crippen LogP contribution < -0.4 is 15.6 Å². The molecule has 5 aromatic rings. The van der Waals surface area contributed by atoms with Crippen LogP contribution in [0.15, 0.2) is 88.3 Å². The van der Waals surface area contributed by atoms with E-state index in [2.05, 4.69) is 20.4 Å². The Bertz CT molecular complexity index is 1590. The smallest absolute Gasteiger partial charge is 0.259 e. The van der Waals surface area contributed by atoms with Crippen molar-refractivity contribution in [1.82, 2.24) is 25.0 Å².